The standard InChI is InChI=1S/C8H9BrN2O/c1-5(11-12)7-4-6(9)2-3-8(7)10/h2-4,12H,10H2,1H3/b11-5+. The highest BCUT2D eigenvalue weighted by Crippen LogP contribution is 2.18. The summed E-state index contributed by atoms with van der Waals surface area (Å²) in [5.74, 6) is 0. The Kier molecular flexibility index (Phi) is 2.70. The normalized spacial score (nSPS) is 11.7. The molecule has 0 saturated carbocycles. The summed E-state index contributed by atoms with van der Waals surface area (Å²) >= 11 is 3.30. The quantitative estimate of drug-likeness (QED) is 0.335. The summed E-state index contributed by atoms with van der Waals surface area (Å²) < 4.78 is 0.912. The van der Waals surface area contributed by atoms with Crippen LogP contribution < -0.4 is 5.73 Å². The first-order chi connectivity index (χ1) is 5.65. The molecule has 0 radical (unpaired) electrons. The lowest BCUT2D eigenvalue weighted by atomic mass is 10.1. The number of oxime groups is 1. The van der Waals surface area contributed by atoms with Crippen molar-refractivity contribution in [3.8, 4) is 0 Å². The van der Waals surface area contributed by atoms with Crippen molar-refractivity contribution in [1.29, 1.82) is 0 Å². The van der Waals surface area contributed by atoms with Gasteiger partial charge < -0.3 is 10.9 Å². The summed E-state index contributed by atoms with van der Waals surface area (Å²) in [5, 5.41) is 11.6. The first-order valence-electron chi connectivity index (χ1n) is 3.39. The van der Waals surface area contributed by atoms with Gasteiger partial charge in [-0.05, 0) is 25.1 Å². The van der Waals surface area contributed by atoms with E-state index in [0.717, 1.165) is 10.0 Å². The van der Waals surface area contributed by atoms with Crippen LogP contribution in [0.25, 0.3) is 0 Å². The van der Waals surface area contributed by atoms with Crippen LogP contribution in [0.4, 0.5) is 5.69 Å². The zero-order valence-corrected chi connectivity index (χ0v) is 8.17. The lowest BCUT2D eigenvalue weighted by molar-refractivity contribution is 0.319. The first kappa shape index (κ1) is 9.06. The number of anilines is 1. The molecule has 0 spiro atoms. The van der Waals surface area contributed by atoms with Crippen LogP contribution in [-0.4, -0.2) is 10.9 Å². The van der Waals surface area contributed by atoms with Crippen molar-refractivity contribution in [3.05, 3.63) is 28.2 Å². The molecule has 0 amide bonds. The molecule has 1 aromatic rings. The largest absolute Gasteiger partial charge is 0.411 e. The van der Waals surface area contributed by atoms with Gasteiger partial charge in [-0.2, -0.15) is 0 Å². The molecular weight excluding hydrogens is 220 g/mol. The SMILES string of the molecule is C/C(=N\O)c1cc(Br)ccc1N. The summed E-state index contributed by atoms with van der Waals surface area (Å²) in [6.07, 6.45) is 0. The predicted octanol–water partition coefficient (Wildman–Crippen LogP) is 2.23. The highest BCUT2D eigenvalue weighted by molar-refractivity contribution is 9.10. The number of halogens is 1. The topological polar surface area (TPSA) is 58.6 Å². The lowest BCUT2D eigenvalue weighted by Crippen LogP contribution is -2.00. The Hall–Kier alpha value is -1.03. The van der Waals surface area contributed by atoms with Crippen LogP contribution in [0.2, 0.25) is 0 Å². The number of hydrogen-bond donors (Lipinski definition) is 2. The van der Waals surface area contributed by atoms with Gasteiger partial charge in [-0.1, -0.05) is 21.1 Å². The van der Waals surface area contributed by atoms with Gasteiger partial charge in [0.1, 0.15) is 0 Å². The minimum absolute atomic E-state index is 0.508. The molecule has 3 nitrogen and oxygen atoms in total. The van der Waals surface area contributed by atoms with Crippen LogP contribution >= 0.6 is 15.9 Å². The Morgan fingerprint density at radius 1 is 1.58 bits per heavy atom. The van der Waals surface area contributed by atoms with Gasteiger partial charge in [0, 0.05) is 15.7 Å². The summed E-state index contributed by atoms with van der Waals surface area (Å²) in [4.78, 5) is 0. The summed E-state index contributed by atoms with van der Waals surface area (Å²) in [6.45, 7) is 1.69. The van der Waals surface area contributed by atoms with E-state index in [1.807, 2.05) is 12.1 Å². The third-order valence-electron chi connectivity index (χ3n) is 1.56. The number of benzene rings is 1. The van der Waals surface area contributed by atoms with Gasteiger partial charge >= 0.3 is 0 Å². The molecule has 1 rings (SSSR count). The van der Waals surface area contributed by atoms with Crippen molar-refractivity contribution in [1.82, 2.24) is 0 Å². The second kappa shape index (κ2) is 3.58. The van der Waals surface area contributed by atoms with Crippen molar-refractivity contribution < 1.29 is 5.21 Å². The molecule has 3 N–H and O–H groups in total. The zero-order chi connectivity index (χ0) is 9.14. The van der Waals surface area contributed by atoms with Crippen LogP contribution in [0.5, 0.6) is 0 Å². The van der Waals surface area contributed by atoms with E-state index >= 15 is 0 Å². The average Bonchev–Trinajstić information content (AvgIpc) is 2.08. The highest BCUT2D eigenvalue weighted by atomic mass is 79.9. The monoisotopic (exact) mass is 228 g/mol. The van der Waals surface area contributed by atoms with Crippen LogP contribution in [-0.2, 0) is 0 Å². The molecule has 0 aromatic heterocycles. The van der Waals surface area contributed by atoms with Gasteiger partial charge in [0.2, 0.25) is 0 Å². The van der Waals surface area contributed by atoms with Gasteiger partial charge in [-0.3, -0.25) is 0 Å². The minimum Gasteiger partial charge on any atom is -0.411 e. The average molecular weight is 229 g/mol. The Balaban J connectivity index is 3.23. The molecule has 0 heterocycles. The minimum atomic E-state index is 0.508. The van der Waals surface area contributed by atoms with Gasteiger partial charge in [-0.25, -0.2) is 0 Å². The smallest absolute Gasteiger partial charge is 0.0857 e. The maximum atomic E-state index is 8.52. The second-order valence-electron chi connectivity index (χ2n) is 2.42. The van der Waals surface area contributed by atoms with Gasteiger partial charge in [0.05, 0.1) is 5.71 Å². The molecule has 0 saturated heterocycles. The molecule has 4 heteroatoms. The van der Waals surface area contributed by atoms with Crippen LogP contribution in [0, 0.1) is 0 Å². The molecule has 0 unspecified atom stereocenters. The molecule has 64 valence electrons. The fourth-order valence-electron chi connectivity index (χ4n) is 0.896. The third kappa shape index (κ3) is 1.76. The maximum Gasteiger partial charge on any atom is 0.0857 e. The number of nitrogens with zero attached hydrogens (tertiary/aromatic N) is 1. The van der Waals surface area contributed by atoms with E-state index in [1.165, 1.54) is 0 Å². The zero-order valence-electron chi connectivity index (χ0n) is 6.58. The number of nitrogen functional groups attached to an aromatic ring is 1. The molecule has 0 bridgehead atoms. The Bertz CT molecular complexity index is 323. The predicted molar refractivity (Wildman–Crippen MR) is 52.6 cm³/mol. The van der Waals surface area contributed by atoms with Crippen LogP contribution in [0.3, 0.4) is 0 Å². The summed E-state index contributed by atoms with van der Waals surface area (Å²) in [6, 6.07) is 5.40. The molecule has 0 aliphatic carbocycles. The van der Waals surface area contributed by atoms with Gasteiger partial charge in [-0.15, -0.1) is 0 Å². The number of hydrogen-bond acceptors (Lipinski definition) is 3. The Morgan fingerprint density at radius 3 is 2.83 bits per heavy atom. The summed E-state index contributed by atoms with van der Waals surface area (Å²) in [7, 11) is 0. The lowest BCUT2D eigenvalue weighted by Gasteiger charge is -2.03. The number of nitrogens with two attached hydrogens (primary N) is 1. The van der Waals surface area contributed by atoms with E-state index in [0.29, 0.717) is 11.4 Å². The van der Waals surface area contributed by atoms with E-state index in [-0.39, 0.29) is 0 Å². The number of rotatable bonds is 1. The van der Waals surface area contributed by atoms with E-state index in [4.69, 9.17) is 10.9 Å². The molecule has 1 aromatic carbocycles. The second-order valence-corrected chi connectivity index (χ2v) is 3.33. The molecule has 0 aliphatic rings. The highest BCUT2D eigenvalue weighted by Gasteiger charge is 2.02. The van der Waals surface area contributed by atoms with Crippen molar-refractivity contribution in [3.63, 3.8) is 0 Å². The molecule has 0 aliphatic heterocycles. The van der Waals surface area contributed by atoms with Gasteiger partial charge in [0.25, 0.3) is 0 Å². The van der Waals surface area contributed by atoms with E-state index < -0.39 is 0 Å². The van der Waals surface area contributed by atoms with E-state index in [2.05, 4.69) is 21.1 Å². The van der Waals surface area contributed by atoms with Gasteiger partial charge in [0.15, 0.2) is 0 Å². The van der Waals surface area contributed by atoms with Crippen molar-refractivity contribution >= 4 is 27.3 Å². The third-order valence-corrected chi connectivity index (χ3v) is 2.05. The molecular formula is C8H9BrN2O. The fourth-order valence-corrected chi connectivity index (χ4v) is 1.26. The Morgan fingerprint density at radius 2 is 2.25 bits per heavy atom. The van der Waals surface area contributed by atoms with E-state index in [9.17, 15) is 0 Å². The first-order valence-corrected chi connectivity index (χ1v) is 4.18. The van der Waals surface area contributed by atoms with E-state index in [1.54, 1.807) is 13.0 Å². The summed E-state index contributed by atoms with van der Waals surface area (Å²) in [5.41, 5.74) is 7.51. The van der Waals surface area contributed by atoms with Crippen LogP contribution in [0.1, 0.15) is 12.5 Å². The maximum absolute atomic E-state index is 8.52. The molecule has 0 atom stereocenters. The fraction of sp³-hybridized carbons (Fsp3) is 0.125. The Labute approximate surface area is 79.0 Å². The van der Waals surface area contributed by atoms with Crippen molar-refractivity contribution in [2.75, 3.05) is 5.73 Å². The van der Waals surface area contributed by atoms with Crippen molar-refractivity contribution in [2.24, 2.45) is 5.16 Å². The van der Waals surface area contributed by atoms with Crippen LogP contribution in [0.15, 0.2) is 27.8 Å². The molecule has 12 heavy (non-hydrogen) atoms. The van der Waals surface area contributed by atoms with Crippen molar-refractivity contribution in [2.45, 2.75) is 6.92 Å². The molecule has 0 fully saturated rings.